The van der Waals surface area contributed by atoms with E-state index in [1.54, 1.807) is 16.7 Å². The Morgan fingerprint density at radius 1 is 1.57 bits per heavy atom. The van der Waals surface area contributed by atoms with Gasteiger partial charge in [0.25, 0.3) is 0 Å². The molecule has 2 fully saturated rings. The summed E-state index contributed by atoms with van der Waals surface area (Å²) < 4.78 is 0. The molecule has 2 N–H and O–H groups in total. The molecule has 1 aromatic heterocycles. The van der Waals surface area contributed by atoms with E-state index < -0.39 is 6.04 Å². The molecule has 3 heterocycles. The number of fused-ring (bicyclic) bond motifs is 1. The van der Waals surface area contributed by atoms with Gasteiger partial charge < -0.3 is 4.90 Å². The summed E-state index contributed by atoms with van der Waals surface area (Å²) in [5.41, 5.74) is 0. The number of hydrogen-bond donors (Lipinski definition) is 2. The van der Waals surface area contributed by atoms with Gasteiger partial charge in [-0.1, -0.05) is 13.8 Å². The largest absolute Gasteiger partial charge is 0.315 e. The predicted molar refractivity (Wildman–Crippen MR) is 79.8 cm³/mol. The molecule has 0 aromatic carbocycles. The Morgan fingerprint density at radius 3 is 3.00 bits per heavy atom. The molecule has 3 rings (SSSR count). The summed E-state index contributed by atoms with van der Waals surface area (Å²) >= 11 is 1.67. The third-order valence-electron chi connectivity index (χ3n) is 4.03. The van der Waals surface area contributed by atoms with E-state index in [2.05, 4.69) is 20.5 Å². The first-order valence-corrected chi connectivity index (χ1v) is 8.08. The lowest BCUT2D eigenvalue weighted by atomic mass is 10.2. The Balaban J connectivity index is 1.72. The minimum Gasteiger partial charge on any atom is -0.315 e. The fourth-order valence-electron chi connectivity index (χ4n) is 2.80. The number of aromatic nitrogens is 3. The summed E-state index contributed by atoms with van der Waals surface area (Å²) in [6.45, 7) is 6.02. The molecule has 0 aliphatic carbocycles. The number of thioether (sulfide) groups is 1. The van der Waals surface area contributed by atoms with Crippen molar-refractivity contribution in [3.8, 4) is 0 Å². The van der Waals surface area contributed by atoms with E-state index in [4.69, 9.17) is 0 Å². The van der Waals surface area contributed by atoms with Crippen LogP contribution in [0.2, 0.25) is 0 Å². The second kappa shape index (κ2) is 5.01. The van der Waals surface area contributed by atoms with Crippen LogP contribution in [-0.2, 0) is 9.59 Å². The minimum atomic E-state index is -0.434. The highest BCUT2D eigenvalue weighted by molar-refractivity contribution is 8.01. The number of nitrogens with one attached hydrogen (secondary N) is 2. The summed E-state index contributed by atoms with van der Waals surface area (Å²) in [6.07, 6.45) is 1.32. The van der Waals surface area contributed by atoms with E-state index in [0.717, 1.165) is 12.2 Å². The van der Waals surface area contributed by atoms with Crippen LogP contribution in [0.1, 0.15) is 45.4 Å². The van der Waals surface area contributed by atoms with E-state index in [0.29, 0.717) is 12.2 Å². The first-order chi connectivity index (χ1) is 9.90. The van der Waals surface area contributed by atoms with Crippen LogP contribution < -0.4 is 5.32 Å². The SMILES string of the molecule is CC(C)c1nc(NC(=O)[C@H]2CS[C@@]3(C)CCC(=O)N23)n[nH]1. The zero-order chi connectivity index (χ0) is 15.2. The number of anilines is 1. The van der Waals surface area contributed by atoms with Crippen LogP contribution in [-0.4, -0.2) is 48.6 Å². The lowest BCUT2D eigenvalue weighted by molar-refractivity contribution is -0.135. The molecular formula is C13H19N5O2S. The fraction of sp³-hybridized carbons (Fsp3) is 0.692. The maximum atomic E-state index is 12.4. The molecule has 1 aromatic rings. The normalized spacial score (nSPS) is 28.3. The molecule has 2 atom stereocenters. The van der Waals surface area contributed by atoms with Crippen molar-refractivity contribution in [3.63, 3.8) is 0 Å². The van der Waals surface area contributed by atoms with Gasteiger partial charge in [-0.3, -0.25) is 20.0 Å². The number of carbonyl (C=O) groups is 2. The molecule has 0 saturated carbocycles. The van der Waals surface area contributed by atoms with E-state index in [-0.39, 0.29) is 28.6 Å². The molecule has 2 aliphatic rings. The number of nitrogens with zero attached hydrogens (tertiary/aromatic N) is 3. The van der Waals surface area contributed by atoms with E-state index >= 15 is 0 Å². The Hall–Kier alpha value is -1.57. The van der Waals surface area contributed by atoms with Crippen LogP contribution in [0.15, 0.2) is 0 Å². The number of carbonyl (C=O) groups excluding carboxylic acids is 2. The minimum absolute atomic E-state index is 0.0560. The predicted octanol–water partition coefficient (Wildman–Crippen LogP) is 1.32. The smallest absolute Gasteiger partial charge is 0.250 e. The van der Waals surface area contributed by atoms with Crippen molar-refractivity contribution in [3.05, 3.63) is 5.82 Å². The Kier molecular flexibility index (Phi) is 3.43. The number of rotatable bonds is 3. The average molecular weight is 309 g/mol. The monoisotopic (exact) mass is 309 g/mol. The standard InChI is InChI=1S/C13H19N5O2S/c1-7(2)10-14-12(17-16-10)15-11(20)8-6-21-13(3)5-4-9(19)18(8)13/h7-8H,4-6H2,1-3H3,(H2,14,15,16,17,20)/t8-,13+/m1/s1. The van der Waals surface area contributed by atoms with Crippen molar-refractivity contribution in [2.24, 2.45) is 0 Å². The summed E-state index contributed by atoms with van der Waals surface area (Å²) in [4.78, 5) is 30.2. The maximum absolute atomic E-state index is 12.4. The van der Waals surface area contributed by atoms with Crippen molar-refractivity contribution < 1.29 is 9.59 Å². The van der Waals surface area contributed by atoms with E-state index in [9.17, 15) is 9.59 Å². The molecule has 0 radical (unpaired) electrons. The molecule has 114 valence electrons. The molecule has 2 saturated heterocycles. The summed E-state index contributed by atoms with van der Waals surface area (Å²) in [5.74, 6) is 1.68. The van der Waals surface area contributed by atoms with Crippen LogP contribution in [0.25, 0.3) is 0 Å². The van der Waals surface area contributed by atoms with Gasteiger partial charge in [-0.2, -0.15) is 4.98 Å². The first-order valence-electron chi connectivity index (χ1n) is 7.10. The third kappa shape index (κ3) is 2.41. The second-order valence-corrected chi connectivity index (χ2v) is 7.46. The molecular weight excluding hydrogens is 290 g/mol. The van der Waals surface area contributed by atoms with Crippen LogP contribution in [0.4, 0.5) is 5.95 Å². The highest BCUT2D eigenvalue weighted by Gasteiger charge is 2.52. The quantitative estimate of drug-likeness (QED) is 0.878. The molecule has 8 heteroatoms. The highest BCUT2D eigenvalue weighted by Crippen LogP contribution is 2.47. The van der Waals surface area contributed by atoms with Gasteiger partial charge >= 0.3 is 0 Å². The fourth-order valence-corrected chi connectivity index (χ4v) is 4.23. The van der Waals surface area contributed by atoms with Crippen LogP contribution in [0, 0.1) is 0 Å². The van der Waals surface area contributed by atoms with Gasteiger partial charge in [0, 0.05) is 18.1 Å². The van der Waals surface area contributed by atoms with Gasteiger partial charge in [-0.05, 0) is 13.3 Å². The third-order valence-corrected chi connectivity index (χ3v) is 5.54. The van der Waals surface area contributed by atoms with E-state index in [1.165, 1.54) is 0 Å². The topological polar surface area (TPSA) is 91.0 Å². The Bertz CT molecular complexity index is 587. The van der Waals surface area contributed by atoms with Crippen molar-refractivity contribution in [2.75, 3.05) is 11.1 Å². The molecule has 2 amide bonds. The van der Waals surface area contributed by atoms with Gasteiger partial charge in [0.1, 0.15) is 11.9 Å². The molecule has 0 unspecified atom stereocenters. The molecule has 0 bridgehead atoms. The average Bonchev–Trinajstić information content (AvgIpc) is 3.07. The lowest BCUT2D eigenvalue weighted by Crippen LogP contribution is -2.48. The van der Waals surface area contributed by atoms with E-state index in [1.807, 2.05) is 20.8 Å². The zero-order valence-corrected chi connectivity index (χ0v) is 13.2. The van der Waals surface area contributed by atoms with Gasteiger partial charge in [0.05, 0.1) is 4.87 Å². The number of amides is 2. The van der Waals surface area contributed by atoms with Crippen molar-refractivity contribution in [2.45, 2.75) is 50.4 Å². The van der Waals surface area contributed by atoms with Crippen LogP contribution in [0.3, 0.4) is 0 Å². The Labute approximate surface area is 127 Å². The number of H-pyrrole nitrogens is 1. The first kappa shape index (κ1) is 14.4. The van der Waals surface area contributed by atoms with Gasteiger partial charge in [0.2, 0.25) is 17.8 Å². The maximum Gasteiger partial charge on any atom is 0.250 e. The van der Waals surface area contributed by atoms with Crippen molar-refractivity contribution >= 4 is 29.5 Å². The Morgan fingerprint density at radius 2 is 2.33 bits per heavy atom. The lowest BCUT2D eigenvalue weighted by Gasteiger charge is -2.29. The highest BCUT2D eigenvalue weighted by atomic mass is 32.2. The molecule has 7 nitrogen and oxygen atoms in total. The summed E-state index contributed by atoms with van der Waals surface area (Å²) in [6, 6.07) is -0.434. The van der Waals surface area contributed by atoms with Crippen LogP contribution in [0.5, 0.6) is 0 Å². The molecule has 21 heavy (non-hydrogen) atoms. The van der Waals surface area contributed by atoms with Crippen LogP contribution >= 0.6 is 11.8 Å². The number of aromatic amines is 1. The second-order valence-electron chi connectivity index (χ2n) is 5.95. The molecule has 0 spiro atoms. The van der Waals surface area contributed by atoms with Gasteiger partial charge in [-0.25, -0.2) is 0 Å². The summed E-state index contributed by atoms with van der Waals surface area (Å²) in [5, 5.41) is 9.50. The van der Waals surface area contributed by atoms with Crippen molar-refractivity contribution in [1.82, 2.24) is 20.1 Å². The summed E-state index contributed by atoms with van der Waals surface area (Å²) in [7, 11) is 0. The van der Waals surface area contributed by atoms with Gasteiger partial charge in [0.15, 0.2) is 0 Å². The van der Waals surface area contributed by atoms with Crippen molar-refractivity contribution in [1.29, 1.82) is 0 Å². The number of hydrogen-bond acceptors (Lipinski definition) is 5. The molecule has 2 aliphatic heterocycles. The zero-order valence-electron chi connectivity index (χ0n) is 12.3. The van der Waals surface area contributed by atoms with Gasteiger partial charge in [-0.15, -0.1) is 16.9 Å².